The normalized spacial score (nSPS) is 16.0. The number of nitrogens with two attached hydrogens (primary N) is 4. The molecule has 2 aromatic rings. The molecule has 93 heavy (non-hydrogen) atoms. The van der Waals surface area contributed by atoms with Crippen LogP contribution in [0.4, 0.5) is 0 Å². The fourth-order valence-corrected chi connectivity index (χ4v) is 11.2. The predicted molar refractivity (Wildman–Crippen MR) is 383 cm³/mol. The summed E-state index contributed by atoms with van der Waals surface area (Å²) in [5, 5.41) is 33.9. The van der Waals surface area contributed by atoms with E-state index in [9.17, 15) is 19.2 Å². The van der Waals surface area contributed by atoms with Gasteiger partial charge in [-0.3, -0.25) is 53.9 Å². The van der Waals surface area contributed by atoms with E-state index in [1.165, 1.54) is 0 Å². The molecular weight excluding hydrogens is 1180 g/mol. The molecule has 2 aromatic carbocycles. The van der Waals surface area contributed by atoms with Crippen LogP contribution in [-0.4, -0.2) is 344 Å². The summed E-state index contributed by atoms with van der Waals surface area (Å²) in [4.78, 5) is 74.4. The highest BCUT2D eigenvalue weighted by molar-refractivity contribution is 6.00. The van der Waals surface area contributed by atoms with Crippen LogP contribution in [0.2, 0.25) is 0 Å². The molecule has 26 nitrogen and oxygen atoms in total. The van der Waals surface area contributed by atoms with Crippen molar-refractivity contribution in [3.05, 3.63) is 70.8 Å². The Morgan fingerprint density at radius 2 is 0.677 bits per heavy atom. The predicted octanol–water partition coefficient (Wildman–Crippen LogP) is -2.29. The van der Waals surface area contributed by atoms with Gasteiger partial charge in [0.05, 0.1) is 6.67 Å². The maximum Gasteiger partial charge on any atom is 0.252 e. The minimum Gasteiger partial charge on any atom is -0.351 e. The first kappa shape index (κ1) is 82.8. The van der Waals surface area contributed by atoms with E-state index >= 15 is 0 Å². The summed E-state index contributed by atoms with van der Waals surface area (Å²) in [6.07, 6.45) is 4.24. The fourth-order valence-electron chi connectivity index (χ4n) is 11.2. The summed E-state index contributed by atoms with van der Waals surface area (Å²) < 4.78 is 0. The molecule has 1 heterocycles. The summed E-state index contributed by atoms with van der Waals surface area (Å²) in [5.41, 5.74) is 25.3. The van der Waals surface area contributed by atoms with Gasteiger partial charge < -0.3 is 80.6 Å². The monoisotopic (exact) mass is 1310 g/mol. The van der Waals surface area contributed by atoms with E-state index in [-0.39, 0.29) is 30.3 Å². The second-order valence-corrected chi connectivity index (χ2v) is 24.2. The van der Waals surface area contributed by atoms with Crippen LogP contribution in [0.5, 0.6) is 0 Å². The van der Waals surface area contributed by atoms with Gasteiger partial charge in [-0.25, -0.2) is 0 Å². The topological polar surface area (TPSA) is 319 Å². The van der Waals surface area contributed by atoms with Crippen LogP contribution in [0.1, 0.15) is 94.8 Å². The van der Waals surface area contributed by atoms with Gasteiger partial charge in [0.15, 0.2) is 0 Å². The van der Waals surface area contributed by atoms with Gasteiger partial charge in [-0.1, -0.05) is 39.8 Å². The summed E-state index contributed by atoms with van der Waals surface area (Å²) in [5.74, 6) is -1.01. The minimum atomic E-state index is -0.272. The standard InChI is InChI=1S/C67H132N22O4/c1-5-19-72-22-43-88(53-49-84(36-17-70)37-18-71)55-51-86-42-28-76-26-39-83(34-8-4)46-30-78-64(90)60-11-9-12-61(57-60)65(91)79-31-47-87(48-32-80-66(92)62-13-10-14-63(58-62)67(93)81-59-77-29-45-86)52-56-89(44-23-73-20-6-2)54-50-85(40-24-74-21-15-68)41-27-75-25-38-82(33-7-3)35-16-69/h9-14,57-58,72-77H,5-8,15-56,59,68-71H2,1-4H3,(H,78,90)(H,79,91)(H,80,92)(H,81,93). The summed E-state index contributed by atoms with van der Waals surface area (Å²) >= 11 is 0. The molecule has 0 saturated carbocycles. The largest absolute Gasteiger partial charge is 0.351 e. The number of hydrogen-bond acceptors (Lipinski definition) is 22. The van der Waals surface area contributed by atoms with Crippen molar-refractivity contribution in [2.24, 2.45) is 22.9 Å². The zero-order chi connectivity index (χ0) is 67.2. The fraction of sp³-hybridized carbons (Fsp3) is 0.761. The minimum absolute atomic E-state index is 0.216. The Bertz CT molecular complexity index is 2180. The van der Waals surface area contributed by atoms with Crippen molar-refractivity contribution < 1.29 is 19.2 Å². The number of carbonyl (C=O) groups excluding carboxylic acids is 4. The van der Waals surface area contributed by atoms with Crippen molar-refractivity contribution in [1.82, 2.24) is 92.4 Å². The molecule has 18 N–H and O–H groups in total. The molecule has 534 valence electrons. The third kappa shape index (κ3) is 40.0. The van der Waals surface area contributed by atoms with Crippen LogP contribution in [-0.2, 0) is 0 Å². The Kier molecular flexibility index (Phi) is 49.6. The Morgan fingerprint density at radius 3 is 1.05 bits per heavy atom. The second kappa shape index (κ2) is 55.7. The maximum absolute atomic E-state index is 13.9. The van der Waals surface area contributed by atoms with Crippen molar-refractivity contribution in [1.29, 1.82) is 0 Å². The number of carbonyl (C=O) groups is 4. The van der Waals surface area contributed by atoms with Crippen molar-refractivity contribution in [2.75, 3.05) is 282 Å². The van der Waals surface area contributed by atoms with E-state index in [1.54, 1.807) is 48.5 Å². The summed E-state index contributed by atoms with van der Waals surface area (Å²) in [7, 11) is 0. The van der Waals surface area contributed by atoms with Crippen molar-refractivity contribution >= 4 is 23.6 Å². The van der Waals surface area contributed by atoms with Crippen LogP contribution >= 0.6 is 0 Å². The third-order valence-electron chi connectivity index (χ3n) is 16.6. The average Bonchev–Trinajstić information content (AvgIpc) is 2.05. The van der Waals surface area contributed by atoms with Gasteiger partial charge in [0, 0.05) is 271 Å². The average molecular weight is 1310 g/mol. The molecule has 1 aliphatic rings. The lowest BCUT2D eigenvalue weighted by atomic mass is 10.1. The molecule has 0 aromatic heterocycles. The number of hydrogen-bond donors (Lipinski definition) is 14. The molecule has 1 aliphatic heterocycles. The van der Waals surface area contributed by atoms with Crippen molar-refractivity contribution in [2.45, 2.75) is 53.4 Å². The first-order chi connectivity index (χ1) is 45.5. The molecule has 0 fully saturated rings. The second-order valence-electron chi connectivity index (χ2n) is 24.2. The molecule has 3 rings (SSSR count). The van der Waals surface area contributed by atoms with Gasteiger partial charge in [0.25, 0.3) is 23.6 Å². The Balaban J connectivity index is 1.82. The van der Waals surface area contributed by atoms with Gasteiger partial charge in [-0.05, 0) is 88.3 Å². The van der Waals surface area contributed by atoms with Gasteiger partial charge in [0.1, 0.15) is 0 Å². The van der Waals surface area contributed by atoms with Gasteiger partial charge >= 0.3 is 0 Å². The maximum atomic E-state index is 13.9. The SMILES string of the molecule is CCCNCCN(CCN(CCN)CCN)CCN1CCNCCN(CCC)CCNC(=O)c2cccc(c2)C(=O)NCCN(CCN(CCNCCC)CCN(CCNCCN)CCNCCN(CCC)CCN)CCNC(=O)c2cccc(c2)C(=O)NCNCC1. The Labute approximate surface area is 561 Å². The van der Waals surface area contributed by atoms with E-state index in [1.807, 2.05) is 0 Å². The quantitative estimate of drug-likeness (QED) is 0.0311. The van der Waals surface area contributed by atoms with Crippen LogP contribution in [0.3, 0.4) is 0 Å². The molecule has 0 radical (unpaired) electrons. The molecule has 0 aliphatic carbocycles. The lowest BCUT2D eigenvalue weighted by Gasteiger charge is -2.31. The van der Waals surface area contributed by atoms with E-state index in [2.05, 4.69) is 120 Å². The van der Waals surface area contributed by atoms with Crippen molar-refractivity contribution in [3.8, 4) is 0 Å². The van der Waals surface area contributed by atoms with E-state index in [0.717, 1.165) is 222 Å². The van der Waals surface area contributed by atoms with Crippen LogP contribution < -0.4 is 76.1 Å². The molecular formula is C67H132N22O4. The molecule has 4 amide bonds. The summed E-state index contributed by atoms with van der Waals surface area (Å²) in [6, 6.07) is 13.8. The van der Waals surface area contributed by atoms with Gasteiger partial charge in [0.2, 0.25) is 0 Å². The summed E-state index contributed by atoms with van der Waals surface area (Å²) in [6.45, 7) is 42.3. The molecule has 0 atom stereocenters. The third-order valence-corrected chi connectivity index (χ3v) is 16.6. The first-order valence-corrected chi connectivity index (χ1v) is 35.7. The van der Waals surface area contributed by atoms with Crippen LogP contribution in [0.15, 0.2) is 48.5 Å². The van der Waals surface area contributed by atoms with Crippen LogP contribution in [0, 0.1) is 0 Å². The number of benzene rings is 2. The number of nitrogens with one attached hydrogen (secondary N) is 10. The van der Waals surface area contributed by atoms with Gasteiger partial charge in [-0.2, -0.15) is 0 Å². The first-order valence-electron chi connectivity index (χ1n) is 35.7. The molecule has 0 saturated heterocycles. The number of rotatable bonds is 43. The van der Waals surface area contributed by atoms with Crippen molar-refractivity contribution in [3.63, 3.8) is 0 Å². The van der Waals surface area contributed by atoms with E-state index < -0.39 is 0 Å². The van der Waals surface area contributed by atoms with Gasteiger partial charge in [-0.15, -0.1) is 0 Å². The number of amides is 4. The zero-order valence-corrected chi connectivity index (χ0v) is 58.4. The number of fused-ring (bicyclic) bond motifs is 4. The number of nitrogens with zero attached hydrogens (tertiary/aromatic N) is 8. The Hall–Kier alpha value is -4.40. The lowest BCUT2D eigenvalue weighted by molar-refractivity contribution is 0.0936. The zero-order valence-electron chi connectivity index (χ0n) is 58.4. The highest BCUT2D eigenvalue weighted by Crippen LogP contribution is 2.08. The highest BCUT2D eigenvalue weighted by Gasteiger charge is 2.18. The molecule has 0 unspecified atom stereocenters. The van der Waals surface area contributed by atoms with E-state index in [4.69, 9.17) is 22.9 Å². The Morgan fingerprint density at radius 1 is 0.344 bits per heavy atom. The van der Waals surface area contributed by atoms with Crippen LogP contribution in [0.25, 0.3) is 0 Å². The molecule has 26 heteroatoms. The molecule has 4 bridgehead atoms. The lowest BCUT2D eigenvalue weighted by Crippen LogP contribution is -2.47. The molecule has 0 spiro atoms. The smallest absolute Gasteiger partial charge is 0.252 e. The van der Waals surface area contributed by atoms with E-state index in [0.29, 0.717) is 101 Å². The highest BCUT2D eigenvalue weighted by atomic mass is 16.2.